The first-order valence-electron chi connectivity index (χ1n) is 9.26. The van der Waals surface area contributed by atoms with Crippen LogP contribution in [-0.2, 0) is 20.9 Å². The Morgan fingerprint density at radius 1 is 1.07 bits per heavy atom. The molecule has 30 heavy (non-hydrogen) atoms. The fraction of sp³-hybridized carbons (Fsp3) is 0.273. The number of hydrogen-bond acceptors (Lipinski definition) is 7. The molecule has 0 saturated heterocycles. The van der Waals surface area contributed by atoms with Gasteiger partial charge in [0, 0.05) is 29.3 Å². The van der Waals surface area contributed by atoms with Crippen molar-refractivity contribution in [2.24, 2.45) is 0 Å². The predicted molar refractivity (Wildman–Crippen MR) is 110 cm³/mol. The minimum absolute atomic E-state index is 0.117. The number of nitrogens with zero attached hydrogens (tertiary/aromatic N) is 1. The van der Waals surface area contributed by atoms with Gasteiger partial charge in [-0.05, 0) is 25.1 Å². The van der Waals surface area contributed by atoms with E-state index in [0.717, 1.165) is 11.6 Å². The Morgan fingerprint density at radius 2 is 1.80 bits per heavy atom. The normalized spacial score (nSPS) is 13.9. The highest BCUT2D eigenvalue weighted by Gasteiger charge is 2.35. The molecule has 8 nitrogen and oxygen atoms in total. The third kappa shape index (κ3) is 3.89. The molecular formula is C22H23NO7. The molecule has 2 aromatic carbocycles. The van der Waals surface area contributed by atoms with Gasteiger partial charge in [0.25, 0.3) is 5.91 Å². The molecule has 158 valence electrons. The van der Waals surface area contributed by atoms with Gasteiger partial charge < -0.3 is 29.0 Å². The van der Waals surface area contributed by atoms with E-state index in [9.17, 15) is 14.7 Å². The first-order valence-corrected chi connectivity index (χ1v) is 9.26. The zero-order valence-electron chi connectivity index (χ0n) is 17.2. The van der Waals surface area contributed by atoms with Gasteiger partial charge >= 0.3 is 5.97 Å². The number of fused-ring (bicyclic) bond motifs is 1. The van der Waals surface area contributed by atoms with Gasteiger partial charge in [-0.25, -0.2) is 4.79 Å². The zero-order chi connectivity index (χ0) is 21.8. The van der Waals surface area contributed by atoms with Gasteiger partial charge in [0.05, 0.1) is 45.7 Å². The van der Waals surface area contributed by atoms with Crippen molar-refractivity contribution in [3.8, 4) is 23.0 Å². The number of anilines is 1. The molecule has 0 unspecified atom stereocenters. The molecule has 0 aliphatic carbocycles. The number of esters is 1. The number of carbonyl (C=O) groups is 2. The van der Waals surface area contributed by atoms with E-state index >= 15 is 0 Å². The van der Waals surface area contributed by atoms with Crippen LogP contribution in [0.5, 0.6) is 23.0 Å². The van der Waals surface area contributed by atoms with E-state index in [1.54, 1.807) is 32.2 Å². The van der Waals surface area contributed by atoms with Crippen molar-refractivity contribution < 1.29 is 33.6 Å². The minimum atomic E-state index is -0.622. The maximum atomic E-state index is 13.2. The molecule has 1 aliphatic rings. The Morgan fingerprint density at radius 3 is 2.43 bits per heavy atom. The maximum absolute atomic E-state index is 13.2. The van der Waals surface area contributed by atoms with Crippen molar-refractivity contribution in [3.05, 3.63) is 47.5 Å². The maximum Gasteiger partial charge on any atom is 0.331 e. The second-order valence-electron chi connectivity index (χ2n) is 6.42. The highest BCUT2D eigenvalue weighted by atomic mass is 16.5. The average molecular weight is 413 g/mol. The van der Waals surface area contributed by atoms with Crippen molar-refractivity contribution in [2.75, 3.05) is 32.8 Å². The predicted octanol–water partition coefficient (Wildman–Crippen LogP) is 2.91. The van der Waals surface area contributed by atoms with Crippen LogP contribution in [0, 0.1) is 0 Å². The van der Waals surface area contributed by atoms with Crippen LogP contribution in [0.4, 0.5) is 5.69 Å². The van der Waals surface area contributed by atoms with Gasteiger partial charge in [0.15, 0.2) is 11.5 Å². The molecule has 3 rings (SSSR count). The molecule has 1 aliphatic heterocycles. The number of aromatic hydroxyl groups is 1. The summed E-state index contributed by atoms with van der Waals surface area (Å²) >= 11 is 0. The fourth-order valence-electron chi connectivity index (χ4n) is 3.28. The first-order chi connectivity index (χ1) is 14.4. The lowest BCUT2D eigenvalue weighted by atomic mass is 10.1. The standard InChI is InChI=1S/C22H23NO7/c1-5-30-21(25)10-16-15-9-20(29-4)18(24)11-17(15)23(22(16)26)12-13-6-7-14(27-2)8-19(13)28-3/h6-11,24H,5,12H2,1-4H3/b16-10+. The molecule has 0 spiro atoms. The summed E-state index contributed by atoms with van der Waals surface area (Å²) in [5.41, 5.74) is 1.81. The highest BCUT2D eigenvalue weighted by molar-refractivity contribution is 6.34. The van der Waals surface area contributed by atoms with Crippen molar-refractivity contribution in [3.63, 3.8) is 0 Å². The molecule has 2 aromatic rings. The minimum Gasteiger partial charge on any atom is -0.504 e. The van der Waals surface area contributed by atoms with Gasteiger partial charge in [0.1, 0.15) is 11.5 Å². The Bertz CT molecular complexity index is 1010. The second kappa shape index (κ2) is 8.77. The Labute approximate surface area is 174 Å². The quantitative estimate of drug-likeness (QED) is 0.551. The smallest absolute Gasteiger partial charge is 0.331 e. The molecule has 0 bridgehead atoms. The molecule has 0 radical (unpaired) electrons. The van der Waals surface area contributed by atoms with Gasteiger partial charge in [-0.2, -0.15) is 0 Å². The molecule has 0 fully saturated rings. The number of phenolic OH excluding ortho intramolecular Hbond substituents is 1. The summed E-state index contributed by atoms with van der Waals surface area (Å²) in [5, 5.41) is 10.3. The largest absolute Gasteiger partial charge is 0.504 e. The number of ether oxygens (including phenoxy) is 4. The van der Waals surface area contributed by atoms with Crippen LogP contribution in [0.2, 0.25) is 0 Å². The van der Waals surface area contributed by atoms with E-state index in [4.69, 9.17) is 18.9 Å². The van der Waals surface area contributed by atoms with Crippen molar-refractivity contribution in [1.82, 2.24) is 0 Å². The molecular weight excluding hydrogens is 390 g/mol. The van der Waals surface area contributed by atoms with Crippen molar-refractivity contribution in [2.45, 2.75) is 13.5 Å². The Hall–Kier alpha value is -3.68. The van der Waals surface area contributed by atoms with E-state index in [0.29, 0.717) is 22.7 Å². The summed E-state index contributed by atoms with van der Waals surface area (Å²) in [6.45, 7) is 2.03. The van der Waals surface area contributed by atoms with Crippen LogP contribution in [0.25, 0.3) is 5.57 Å². The number of hydrogen-bond donors (Lipinski definition) is 1. The first kappa shape index (κ1) is 21.0. The van der Waals surface area contributed by atoms with Gasteiger partial charge in [-0.1, -0.05) is 0 Å². The number of amides is 1. The van der Waals surface area contributed by atoms with E-state index in [2.05, 4.69) is 0 Å². The Kier molecular flexibility index (Phi) is 6.15. The summed E-state index contributed by atoms with van der Waals surface area (Å²) in [5.74, 6) is 0.220. The summed E-state index contributed by atoms with van der Waals surface area (Å²) in [7, 11) is 4.49. The number of benzene rings is 2. The molecule has 0 atom stereocenters. The third-order valence-electron chi connectivity index (χ3n) is 4.73. The summed E-state index contributed by atoms with van der Waals surface area (Å²) in [6.07, 6.45) is 1.16. The fourth-order valence-corrected chi connectivity index (χ4v) is 3.28. The molecule has 0 aromatic heterocycles. The van der Waals surface area contributed by atoms with Gasteiger partial charge in [0.2, 0.25) is 0 Å². The number of rotatable bonds is 7. The lowest BCUT2D eigenvalue weighted by molar-refractivity contribution is -0.137. The Balaban J connectivity index is 2.08. The van der Waals surface area contributed by atoms with Gasteiger partial charge in [-0.15, -0.1) is 0 Å². The SMILES string of the molecule is CCOC(=O)/C=C1/C(=O)N(Cc2ccc(OC)cc2OC)c2cc(O)c(OC)cc21. The molecule has 1 heterocycles. The average Bonchev–Trinajstić information content (AvgIpc) is 2.98. The second-order valence-corrected chi connectivity index (χ2v) is 6.42. The summed E-state index contributed by atoms with van der Waals surface area (Å²) in [6, 6.07) is 8.24. The molecule has 8 heteroatoms. The van der Waals surface area contributed by atoms with E-state index in [1.807, 2.05) is 0 Å². The molecule has 0 saturated carbocycles. The number of carbonyl (C=O) groups excluding carboxylic acids is 2. The number of methoxy groups -OCH3 is 3. The lowest BCUT2D eigenvalue weighted by Crippen LogP contribution is -2.26. The van der Waals surface area contributed by atoms with E-state index in [1.165, 1.54) is 31.3 Å². The number of phenols is 1. The van der Waals surface area contributed by atoms with Crippen molar-refractivity contribution in [1.29, 1.82) is 0 Å². The zero-order valence-corrected chi connectivity index (χ0v) is 17.2. The van der Waals surface area contributed by atoms with Crippen LogP contribution in [0.3, 0.4) is 0 Å². The van der Waals surface area contributed by atoms with Crippen LogP contribution >= 0.6 is 0 Å². The lowest BCUT2D eigenvalue weighted by Gasteiger charge is -2.20. The summed E-state index contributed by atoms with van der Waals surface area (Å²) < 4.78 is 20.8. The van der Waals surface area contributed by atoms with Crippen LogP contribution in [-0.4, -0.2) is 44.9 Å². The third-order valence-corrected chi connectivity index (χ3v) is 4.73. The molecule has 1 amide bonds. The topological polar surface area (TPSA) is 94.5 Å². The monoisotopic (exact) mass is 413 g/mol. The van der Waals surface area contributed by atoms with Crippen LogP contribution < -0.4 is 19.1 Å². The van der Waals surface area contributed by atoms with Crippen LogP contribution in [0.15, 0.2) is 36.4 Å². The highest BCUT2D eigenvalue weighted by Crippen LogP contribution is 2.44. The molecule has 1 N–H and O–H groups in total. The van der Waals surface area contributed by atoms with Gasteiger partial charge in [-0.3, -0.25) is 4.79 Å². The van der Waals surface area contributed by atoms with E-state index in [-0.39, 0.29) is 30.2 Å². The van der Waals surface area contributed by atoms with Crippen LogP contribution in [0.1, 0.15) is 18.1 Å². The summed E-state index contributed by atoms with van der Waals surface area (Å²) in [4.78, 5) is 26.7. The van der Waals surface area contributed by atoms with Crippen molar-refractivity contribution >= 4 is 23.1 Å². The van der Waals surface area contributed by atoms with E-state index < -0.39 is 11.9 Å².